The van der Waals surface area contributed by atoms with E-state index >= 15 is 0 Å². The number of carbonyl (C=O) groups is 2. The molecule has 0 spiro atoms. The molecule has 0 fully saturated rings. The van der Waals surface area contributed by atoms with Crippen molar-refractivity contribution in [3.05, 3.63) is 75.7 Å². The van der Waals surface area contributed by atoms with E-state index in [1.54, 1.807) is 24.5 Å². The Bertz CT molecular complexity index is 1380. The molecule has 6 nitrogen and oxygen atoms in total. The minimum Gasteiger partial charge on any atom is -0.463 e. The van der Waals surface area contributed by atoms with Gasteiger partial charge in [0.25, 0.3) is 11.8 Å². The lowest BCUT2D eigenvalue weighted by atomic mass is 9.95. The van der Waals surface area contributed by atoms with Crippen molar-refractivity contribution in [1.82, 2.24) is 9.88 Å². The van der Waals surface area contributed by atoms with E-state index in [2.05, 4.69) is 10.6 Å². The van der Waals surface area contributed by atoms with Gasteiger partial charge in [-0.25, -0.2) is 4.39 Å². The molecule has 2 amide bonds. The van der Waals surface area contributed by atoms with Crippen molar-refractivity contribution in [3.63, 3.8) is 0 Å². The molecule has 176 valence electrons. The summed E-state index contributed by atoms with van der Waals surface area (Å²) in [5.41, 5.74) is 4.07. The number of anilines is 1. The molecule has 0 bridgehead atoms. The van der Waals surface area contributed by atoms with E-state index in [0.717, 1.165) is 42.3 Å². The number of aromatic nitrogens is 1. The second-order valence-electron chi connectivity index (χ2n) is 8.91. The monoisotopic (exact) mass is 479 g/mol. The van der Waals surface area contributed by atoms with Crippen LogP contribution in [-0.4, -0.2) is 22.4 Å². The number of hydrogen-bond acceptors (Lipinski definition) is 4. The Labute approximate surface area is 200 Å². The average Bonchev–Trinajstić information content (AvgIpc) is 3.47. The first-order valence-electron chi connectivity index (χ1n) is 11.5. The summed E-state index contributed by atoms with van der Waals surface area (Å²) in [4.78, 5) is 27.7. The Kier molecular flexibility index (Phi) is 6.00. The normalized spacial score (nSPS) is 13.3. The van der Waals surface area contributed by atoms with Gasteiger partial charge in [-0.2, -0.15) is 0 Å². The van der Waals surface area contributed by atoms with E-state index in [1.807, 2.05) is 24.5 Å². The Morgan fingerprint density at radius 1 is 1.15 bits per heavy atom. The molecular weight excluding hydrogens is 453 g/mol. The van der Waals surface area contributed by atoms with E-state index in [9.17, 15) is 14.0 Å². The Hall–Kier alpha value is -3.39. The Morgan fingerprint density at radius 3 is 2.76 bits per heavy atom. The third kappa shape index (κ3) is 4.25. The molecule has 1 aliphatic rings. The highest BCUT2D eigenvalue weighted by atomic mass is 32.1. The zero-order chi connectivity index (χ0) is 23.8. The van der Waals surface area contributed by atoms with Crippen molar-refractivity contribution in [3.8, 4) is 0 Å². The first-order chi connectivity index (χ1) is 16.4. The van der Waals surface area contributed by atoms with Gasteiger partial charge in [-0.05, 0) is 62.8 Å². The van der Waals surface area contributed by atoms with Crippen LogP contribution < -0.4 is 10.6 Å². The van der Waals surface area contributed by atoms with Crippen molar-refractivity contribution < 1.29 is 18.4 Å². The number of rotatable bonds is 6. The third-order valence-corrected chi connectivity index (χ3v) is 7.24. The summed E-state index contributed by atoms with van der Waals surface area (Å²) < 4.78 is 21.1. The van der Waals surface area contributed by atoms with Crippen LogP contribution in [0.15, 0.2) is 47.1 Å². The summed E-state index contributed by atoms with van der Waals surface area (Å²) in [6.45, 7) is 4.15. The number of carbonyl (C=O) groups excluding carboxylic acids is 2. The van der Waals surface area contributed by atoms with Gasteiger partial charge < -0.3 is 19.6 Å². The molecule has 34 heavy (non-hydrogen) atoms. The van der Waals surface area contributed by atoms with Crippen molar-refractivity contribution in [2.75, 3.05) is 5.32 Å². The number of hydrogen-bond donors (Lipinski definition) is 2. The fourth-order valence-electron chi connectivity index (χ4n) is 4.55. The maximum Gasteiger partial charge on any atom is 0.273 e. The highest BCUT2D eigenvalue weighted by Gasteiger charge is 2.28. The number of thiophene rings is 1. The molecule has 0 atom stereocenters. The van der Waals surface area contributed by atoms with Crippen LogP contribution in [0.2, 0.25) is 0 Å². The number of amides is 2. The molecule has 1 aliphatic carbocycles. The van der Waals surface area contributed by atoms with E-state index in [0.29, 0.717) is 28.4 Å². The molecule has 0 unspecified atom stereocenters. The number of aryl methyl sites for hydroxylation is 1. The molecule has 0 radical (unpaired) electrons. The largest absolute Gasteiger partial charge is 0.463 e. The maximum absolute atomic E-state index is 13.8. The first-order valence-corrected chi connectivity index (χ1v) is 12.3. The van der Waals surface area contributed by atoms with Crippen molar-refractivity contribution in [1.29, 1.82) is 0 Å². The molecule has 0 saturated heterocycles. The highest BCUT2D eigenvalue weighted by molar-refractivity contribution is 7.17. The fraction of sp³-hybridized carbons (Fsp3) is 0.308. The molecular formula is C26H26FN3O3S. The predicted molar refractivity (Wildman–Crippen MR) is 131 cm³/mol. The molecule has 8 heteroatoms. The second kappa shape index (κ2) is 9.10. The summed E-state index contributed by atoms with van der Waals surface area (Å²) >= 11 is 1.49. The molecule has 3 heterocycles. The highest BCUT2D eigenvalue weighted by Crippen LogP contribution is 2.38. The lowest BCUT2D eigenvalue weighted by Gasteiger charge is -2.15. The first kappa shape index (κ1) is 22.4. The Balaban J connectivity index is 1.51. The summed E-state index contributed by atoms with van der Waals surface area (Å²) in [6, 6.07) is 9.78. The van der Waals surface area contributed by atoms with Crippen LogP contribution in [0.3, 0.4) is 0 Å². The molecule has 5 rings (SSSR count). The lowest BCUT2D eigenvalue weighted by Crippen LogP contribution is -2.31. The maximum atomic E-state index is 13.8. The molecule has 3 aromatic heterocycles. The quantitative estimate of drug-likeness (QED) is 0.370. The lowest BCUT2D eigenvalue weighted by molar-refractivity contribution is 0.0943. The summed E-state index contributed by atoms with van der Waals surface area (Å²) in [6.07, 6.45) is 5.44. The molecule has 0 aliphatic heterocycles. The standard InChI is InChI=1S/C26H26FN3O3S/c1-15(2)28-25(32)23-18-8-3-4-9-22(18)34-26(23)29-24(31)20-13-21-19(10-11-33-21)30(20)14-16-6-5-7-17(27)12-16/h5-7,10-13,15H,3-4,8-9,14H2,1-2H3,(H,28,32)(H,29,31). The van der Waals surface area contributed by atoms with Crippen molar-refractivity contribution in [2.24, 2.45) is 0 Å². The number of benzene rings is 1. The van der Waals surface area contributed by atoms with Crippen LogP contribution in [0.25, 0.3) is 11.1 Å². The van der Waals surface area contributed by atoms with Crippen molar-refractivity contribution >= 4 is 39.3 Å². The zero-order valence-electron chi connectivity index (χ0n) is 19.1. The fourth-order valence-corrected chi connectivity index (χ4v) is 5.83. The van der Waals surface area contributed by atoms with Gasteiger partial charge in [0.2, 0.25) is 0 Å². The Morgan fingerprint density at radius 2 is 1.97 bits per heavy atom. The number of furan rings is 1. The molecule has 1 aromatic carbocycles. The molecule has 0 saturated carbocycles. The van der Waals surface area contributed by atoms with Crippen LogP contribution in [0, 0.1) is 5.82 Å². The predicted octanol–water partition coefficient (Wildman–Crippen LogP) is 5.75. The number of nitrogens with zero attached hydrogens (tertiary/aromatic N) is 1. The van der Waals surface area contributed by atoms with Gasteiger partial charge >= 0.3 is 0 Å². The van der Waals surface area contributed by atoms with Gasteiger partial charge in [0.05, 0.1) is 17.3 Å². The molecule has 2 N–H and O–H groups in total. The summed E-state index contributed by atoms with van der Waals surface area (Å²) in [5.74, 6) is -0.822. The van der Waals surface area contributed by atoms with Crippen LogP contribution in [0.4, 0.5) is 9.39 Å². The van der Waals surface area contributed by atoms with Gasteiger partial charge in [-0.1, -0.05) is 12.1 Å². The number of nitrogens with one attached hydrogen (secondary N) is 2. The zero-order valence-corrected chi connectivity index (χ0v) is 19.9. The number of halogens is 1. The van der Waals surface area contributed by atoms with Gasteiger partial charge in [-0.15, -0.1) is 11.3 Å². The van der Waals surface area contributed by atoms with E-state index in [4.69, 9.17) is 4.42 Å². The van der Waals surface area contributed by atoms with E-state index < -0.39 is 0 Å². The van der Waals surface area contributed by atoms with Crippen molar-refractivity contribution in [2.45, 2.75) is 52.1 Å². The summed E-state index contributed by atoms with van der Waals surface area (Å²) in [7, 11) is 0. The van der Waals surface area contributed by atoms with Gasteiger partial charge in [0, 0.05) is 29.6 Å². The van der Waals surface area contributed by atoms with Gasteiger partial charge in [0.1, 0.15) is 16.5 Å². The number of fused-ring (bicyclic) bond motifs is 2. The van der Waals surface area contributed by atoms with Crippen LogP contribution in [-0.2, 0) is 19.4 Å². The topological polar surface area (TPSA) is 76.3 Å². The minimum absolute atomic E-state index is 0.00870. The van der Waals surface area contributed by atoms with Gasteiger partial charge in [-0.3, -0.25) is 9.59 Å². The smallest absolute Gasteiger partial charge is 0.273 e. The van der Waals surface area contributed by atoms with Crippen LogP contribution in [0.5, 0.6) is 0 Å². The average molecular weight is 480 g/mol. The third-order valence-electron chi connectivity index (χ3n) is 6.03. The molecule has 4 aromatic rings. The minimum atomic E-state index is -0.333. The summed E-state index contributed by atoms with van der Waals surface area (Å²) in [5, 5.41) is 6.56. The van der Waals surface area contributed by atoms with Gasteiger partial charge in [0.15, 0.2) is 5.58 Å². The van der Waals surface area contributed by atoms with Crippen LogP contribution >= 0.6 is 11.3 Å². The van der Waals surface area contributed by atoms with E-state index in [1.165, 1.54) is 28.3 Å². The second-order valence-corrected chi connectivity index (χ2v) is 10.0. The van der Waals surface area contributed by atoms with Crippen LogP contribution in [0.1, 0.15) is 63.5 Å². The van der Waals surface area contributed by atoms with E-state index in [-0.39, 0.29) is 23.7 Å². The SMILES string of the molecule is CC(C)NC(=O)c1c(NC(=O)c2cc3occc3n2Cc2cccc(F)c2)sc2c1CCCC2.